The van der Waals surface area contributed by atoms with Gasteiger partial charge in [-0.3, -0.25) is 0 Å². The summed E-state index contributed by atoms with van der Waals surface area (Å²) < 4.78 is 0.690. The molecular formula is C15H21FeNS2. The van der Waals surface area contributed by atoms with Crippen LogP contribution in [0.2, 0.25) is 0 Å². The van der Waals surface area contributed by atoms with E-state index in [0.29, 0.717) is 4.32 Å². The number of hydrogen-bond donors (Lipinski definition) is 1. The molecule has 0 aliphatic heterocycles. The molecule has 0 aromatic heterocycles. The van der Waals surface area contributed by atoms with Crippen molar-refractivity contribution in [3.8, 4) is 0 Å². The van der Waals surface area contributed by atoms with Crippen molar-refractivity contribution in [3.63, 3.8) is 0 Å². The first-order valence-electron chi connectivity index (χ1n) is 6.03. The number of nitrogens with zero attached hydrogens (tertiary/aromatic N) is 1. The molecule has 0 atom stereocenters. The van der Waals surface area contributed by atoms with Crippen LogP contribution >= 0.6 is 24.8 Å². The van der Waals surface area contributed by atoms with Crippen molar-refractivity contribution in [2.45, 2.75) is 13.8 Å². The Labute approximate surface area is 138 Å². The first-order chi connectivity index (χ1) is 8.72. The van der Waals surface area contributed by atoms with Crippen LogP contribution in [0.15, 0.2) is 60.7 Å². The molecule has 0 fully saturated rings. The van der Waals surface area contributed by atoms with Crippen LogP contribution in [-0.4, -0.2) is 22.3 Å². The van der Waals surface area contributed by atoms with Crippen LogP contribution in [0, 0.1) is 0 Å². The van der Waals surface area contributed by atoms with E-state index in [-0.39, 0.29) is 17.1 Å². The standard InChI is InChI=1S/C5H11NS2.2C5H5.Fe/c1-3-6(4-2)5(7)8;2*1-2-4-5-3-1;/h3-4H2,1-2H3,(H,7,8);2*1-5H;/q;2*-1;+2. The second-order valence-corrected chi connectivity index (χ2v) is 4.49. The van der Waals surface area contributed by atoms with Crippen molar-refractivity contribution in [2.75, 3.05) is 13.1 Å². The number of hydrogen-bond acceptors (Lipinski definition) is 1. The minimum Gasteiger partial charge on any atom is -0.358 e. The number of thiol groups is 1. The fourth-order valence-corrected chi connectivity index (χ4v) is 1.68. The molecule has 0 unspecified atom stereocenters. The summed E-state index contributed by atoms with van der Waals surface area (Å²) in [6.07, 6.45) is 0. The van der Waals surface area contributed by atoms with Gasteiger partial charge in [-0.15, -0.1) is 12.6 Å². The van der Waals surface area contributed by atoms with Gasteiger partial charge in [0.1, 0.15) is 4.32 Å². The second kappa shape index (κ2) is 15.5. The summed E-state index contributed by atoms with van der Waals surface area (Å²) in [5, 5.41) is 0. The van der Waals surface area contributed by atoms with Crippen molar-refractivity contribution < 1.29 is 17.1 Å². The topological polar surface area (TPSA) is 3.24 Å². The fourth-order valence-electron chi connectivity index (χ4n) is 1.14. The van der Waals surface area contributed by atoms with Gasteiger partial charge in [-0.2, -0.15) is 36.4 Å². The van der Waals surface area contributed by atoms with Gasteiger partial charge in [0.25, 0.3) is 0 Å². The molecule has 106 valence electrons. The van der Waals surface area contributed by atoms with Gasteiger partial charge in [-0.25, -0.2) is 24.3 Å². The molecule has 2 rings (SSSR count). The first-order valence-corrected chi connectivity index (χ1v) is 6.89. The van der Waals surface area contributed by atoms with Crippen LogP contribution < -0.4 is 0 Å². The molecule has 2 aromatic carbocycles. The Morgan fingerprint density at radius 2 is 1.26 bits per heavy atom. The summed E-state index contributed by atoms with van der Waals surface area (Å²) >= 11 is 8.82. The molecule has 0 saturated heterocycles. The molecule has 4 heteroatoms. The normalized spacial score (nSPS) is 7.95. The maximum absolute atomic E-state index is 4.81. The van der Waals surface area contributed by atoms with Crippen molar-refractivity contribution in [2.24, 2.45) is 0 Å². The summed E-state index contributed by atoms with van der Waals surface area (Å²) in [6.45, 7) is 6.04. The molecule has 0 aliphatic carbocycles. The average Bonchev–Trinajstić information content (AvgIpc) is 3.09. The fraction of sp³-hybridized carbons (Fsp3) is 0.267. The monoisotopic (exact) mass is 335 g/mol. The van der Waals surface area contributed by atoms with E-state index in [2.05, 4.69) is 26.5 Å². The molecule has 19 heavy (non-hydrogen) atoms. The molecule has 1 nitrogen and oxygen atoms in total. The third-order valence-corrected chi connectivity index (χ3v) is 2.69. The third kappa shape index (κ3) is 13.7. The first kappa shape index (κ1) is 20.8. The zero-order valence-corrected chi connectivity index (χ0v) is 14.2. The van der Waals surface area contributed by atoms with E-state index in [0.717, 1.165) is 13.1 Å². The van der Waals surface area contributed by atoms with Gasteiger partial charge in [0.05, 0.1) is 0 Å². The van der Waals surface area contributed by atoms with Gasteiger partial charge >= 0.3 is 17.1 Å². The van der Waals surface area contributed by atoms with Gasteiger partial charge < -0.3 is 4.90 Å². The minimum atomic E-state index is 0. The maximum Gasteiger partial charge on any atom is 2.00 e. The Hall–Kier alpha value is -0.541. The quantitative estimate of drug-likeness (QED) is 0.376. The van der Waals surface area contributed by atoms with Gasteiger partial charge in [0, 0.05) is 13.1 Å². The average molecular weight is 335 g/mol. The van der Waals surface area contributed by atoms with Crippen LogP contribution in [-0.2, 0) is 17.1 Å². The zero-order chi connectivity index (χ0) is 13.6. The minimum absolute atomic E-state index is 0. The van der Waals surface area contributed by atoms with E-state index in [4.69, 9.17) is 12.2 Å². The van der Waals surface area contributed by atoms with Gasteiger partial charge in [-0.1, -0.05) is 12.2 Å². The summed E-state index contributed by atoms with van der Waals surface area (Å²) in [6, 6.07) is 20.0. The molecule has 0 radical (unpaired) electrons. The molecule has 0 heterocycles. The van der Waals surface area contributed by atoms with E-state index in [1.807, 2.05) is 65.6 Å². The van der Waals surface area contributed by atoms with Crippen molar-refractivity contribution in [1.29, 1.82) is 0 Å². The Morgan fingerprint density at radius 3 is 1.32 bits per heavy atom. The molecule has 0 spiro atoms. The Morgan fingerprint density at radius 1 is 0.947 bits per heavy atom. The largest absolute Gasteiger partial charge is 2.00 e. The Bertz CT molecular complexity index is 293. The van der Waals surface area contributed by atoms with E-state index in [1.54, 1.807) is 0 Å². The summed E-state index contributed by atoms with van der Waals surface area (Å²) in [7, 11) is 0. The molecule has 0 bridgehead atoms. The molecule has 0 N–H and O–H groups in total. The van der Waals surface area contributed by atoms with E-state index in [1.165, 1.54) is 0 Å². The number of thiocarbonyl (C=S) groups is 1. The summed E-state index contributed by atoms with van der Waals surface area (Å²) in [4.78, 5) is 2.01. The Kier molecular flexibility index (Phi) is 17.0. The molecule has 0 aliphatic rings. The third-order valence-electron chi connectivity index (χ3n) is 2.15. The second-order valence-electron chi connectivity index (χ2n) is 3.38. The molecule has 2 aromatic rings. The van der Waals surface area contributed by atoms with Gasteiger partial charge in [0.15, 0.2) is 0 Å². The van der Waals surface area contributed by atoms with Crippen molar-refractivity contribution in [3.05, 3.63) is 60.7 Å². The van der Waals surface area contributed by atoms with Crippen LogP contribution in [0.5, 0.6) is 0 Å². The zero-order valence-electron chi connectivity index (χ0n) is 11.3. The van der Waals surface area contributed by atoms with Gasteiger partial charge in [0.2, 0.25) is 0 Å². The smallest absolute Gasteiger partial charge is 0.358 e. The van der Waals surface area contributed by atoms with Crippen molar-refractivity contribution >= 4 is 29.2 Å². The predicted molar refractivity (Wildman–Crippen MR) is 88.6 cm³/mol. The molecule has 0 saturated carbocycles. The maximum atomic E-state index is 4.81. The number of rotatable bonds is 2. The van der Waals surface area contributed by atoms with Crippen LogP contribution in [0.25, 0.3) is 0 Å². The van der Waals surface area contributed by atoms with E-state index >= 15 is 0 Å². The van der Waals surface area contributed by atoms with E-state index in [9.17, 15) is 0 Å². The summed E-state index contributed by atoms with van der Waals surface area (Å²) in [5.41, 5.74) is 0. The molecular weight excluding hydrogens is 314 g/mol. The van der Waals surface area contributed by atoms with Crippen LogP contribution in [0.4, 0.5) is 0 Å². The van der Waals surface area contributed by atoms with Crippen molar-refractivity contribution in [1.82, 2.24) is 4.90 Å². The SMILES string of the molecule is CCN(CC)C(=S)S.[Fe+2].c1cc[cH-]c1.c1cc[cH-]c1. The van der Waals surface area contributed by atoms with E-state index < -0.39 is 0 Å². The van der Waals surface area contributed by atoms with Crippen LogP contribution in [0.1, 0.15) is 13.8 Å². The predicted octanol–water partition coefficient (Wildman–Crippen LogP) is 4.35. The van der Waals surface area contributed by atoms with Crippen LogP contribution in [0.3, 0.4) is 0 Å². The Balaban J connectivity index is 0. The molecule has 0 amide bonds. The van der Waals surface area contributed by atoms with Gasteiger partial charge in [-0.05, 0) is 13.8 Å². The summed E-state index contributed by atoms with van der Waals surface area (Å²) in [5.74, 6) is 0.